The van der Waals surface area contributed by atoms with Crippen LogP contribution < -0.4 is 10.1 Å². The van der Waals surface area contributed by atoms with Crippen molar-refractivity contribution in [2.45, 2.75) is 6.54 Å². The molecule has 1 rings (SSSR count). The van der Waals surface area contributed by atoms with E-state index >= 15 is 0 Å². The summed E-state index contributed by atoms with van der Waals surface area (Å²) in [6.07, 6.45) is 0. The Kier molecular flexibility index (Phi) is 4.73. The molecular weight excluding hydrogens is 202 g/mol. The van der Waals surface area contributed by atoms with E-state index in [1.165, 1.54) is 0 Å². The van der Waals surface area contributed by atoms with Crippen LogP contribution in [-0.2, 0) is 11.3 Å². The molecule has 0 aromatic heterocycles. The number of ether oxygens (including phenoxy) is 2. The summed E-state index contributed by atoms with van der Waals surface area (Å²) in [5.74, 6) is 0.797. The van der Waals surface area contributed by atoms with Gasteiger partial charge in [-0.1, -0.05) is 11.6 Å². The van der Waals surface area contributed by atoms with Crippen molar-refractivity contribution in [3.8, 4) is 5.75 Å². The number of methoxy groups -OCH3 is 1. The lowest BCUT2D eigenvalue weighted by Crippen LogP contribution is -2.08. The highest BCUT2D eigenvalue weighted by Crippen LogP contribution is 2.22. The Labute approximate surface area is 89.0 Å². The van der Waals surface area contributed by atoms with Crippen molar-refractivity contribution in [1.29, 1.82) is 0 Å². The first-order chi connectivity index (χ1) is 6.77. The quantitative estimate of drug-likeness (QED) is 0.763. The van der Waals surface area contributed by atoms with Crippen LogP contribution in [0.2, 0.25) is 5.02 Å². The summed E-state index contributed by atoms with van der Waals surface area (Å²) in [7, 11) is 3.47. The highest BCUT2D eigenvalue weighted by atomic mass is 35.5. The van der Waals surface area contributed by atoms with Gasteiger partial charge < -0.3 is 14.8 Å². The fourth-order valence-electron chi connectivity index (χ4n) is 1.14. The van der Waals surface area contributed by atoms with Gasteiger partial charge in [0.1, 0.15) is 5.75 Å². The number of nitrogens with one attached hydrogen (secondary N) is 1. The van der Waals surface area contributed by atoms with Gasteiger partial charge in [-0.15, -0.1) is 0 Å². The minimum atomic E-state index is 0.248. The van der Waals surface area contributed by atoms with Crippen molar-refractivity contribution in [2.24, 2.45) is 0 Å². The number of rotatable bonds is 5. The Hall–Kier alpha value is -0.770. The minimum absolute atomic E-state index is 0.248. The molecular formula is C10H14ClNO2. The second-order valence-corrected chi connectivity index (χ2v) is 3.27. The first kappa shape index (κ1) is 11.3. The number of halogens is 1. The van der Waals surface area contributed by atoms with Gasteiger partial charge in [-0.05, 0) is 25.2 Å². The van der Waals surface area contributed by atoms with Crippen molar-refractivity contribution in [2.75, 3.05) is 21.0 Å². The molecule has 0 bridgehead atoms. The third-order valence-corrected chi connectivity index (χ3v) is 1.96. The molecule has 0 aliphatic carbocycles. The predicted octanol–water partition coefficient (Wildman–Crippen LogP) is 2.04. The molecule has 0 saturated heterocycles. The summed E-state index contributed by atoms with van der Waals surface area (Å²) >= 11 is 5.87. The highest BCUT2D eigenvalue weighted by Gasteiger charge is 2.03. The highest BCUT2D eigenvalue weighted by molar-refractivity contribution is 6.30. The summed E-state index contributed by atoms with van der Waals surface area (Å²) in [5.41, 5.74) is 1.03. The van der Waals surface area contributed by atoms with Crippen molar-refractivity contribution in [3.63, 3.8) is 0 Å². The molecule has 14 heavy (non-hydrogen) atoms. The Morgan fingerprint density at radius 1 is 1.43 bits per heavy atom. The van der Waals surface area contributed by atoms with Gasteiger partial charge >= 0.3 is 0 Å². The Morgan fingerprint density at radius 2 is 2.21 bits per heavy atom. The minimum Gasteiger partial charge on any atom is -0.467 e. The van der Waals surface area contributed by atoms with Crippen LogP contribution in [-0.4, -0.2) is 21.0 Å². The Morgan fingerprint density at radius 3 is 2.86 bits per heavy atom. The largest absolute Gasteiger partial charge is 0.467 e. The normalized spacial score (nSPS) is 10.2. The fourth-order valence-corrected chi connectivity index (χ4v) is 1.33. The van der Waals surface area contributed by atoms with Gasteiger partial charge in [0.15, 0.2) is 6.79 Å². The van der Waals surface area contributed by atoms with Gasteiger partial charge in [-0.3, -0.25) is 0 Å². The SMILES string of the molecule is CNCc1cc(Cl)ccc1OCOC. The average molecular weight is 216 g/mol. The van der Waals surface area contributed by atoms with E-state index in [1.54, 1.807) is 13.2 Å². The van der Waals surface area contributed by atoms with E-state index in [0.717, 1.165) is 17.9 Å². The molecule has 4 heteroatoms. The lowest BCUT2D eigenvalue weighted by Gasteiger charge is -2.10. The van der Waals surface area contributed by atoms with Crippen molar-refractivity contribution >= 4 is 11.6 Å². The average Bonchev–Trinajstić information content (AvgIpc) is 2.17. The van der Waals surface area contributed by atoms with E-state index in [0.29, 0.717) is 5.02 Å². The van der Waals surface area contributed by atoms with Crippen molar-refractivity contribution < 1.29 is 9.47 Å². The van der Waals surface area contributed by atoms with Crippen LogP contribution in [0.3, 0.4) is 0 Å². The van der Waals surface area contributed by atoms with Gasteiger partial charge in [-0.2, -0.15) is 0 Å². The van der Waals surface area contributed by atoms with Crippen LogP contribution in [0, 0.1) is 0 Å². The molecule has 0 unspecified atom stereocenters. The zero-order chi connectivity index (χ0) is 10.4. The zero-order valence-corrected chi connectivity index (χ0v) is 9.10. The lowest BCUT2D eigenvalue weighted by atomic mass is 10.2. The maximum atomic E-state index is 5.87. The monoisotopic (exact) mass is 215 g/mol. The molecule has 3 nitrogen and oxygen atoms in total. The van der Waals surface area contributed by atoms with Crippen molar-refractivity contribution in [3.05, 3.63) is 28.8 Å². The zero-order valence-electron chi connectivity index (χ0n) is 8.34. The van der Waals surface area contributed by atoms with E-state index in [4.69, 9.17) is 21.1 Å². The van der Waals surface area contributed by atoms with Crippen LogP contribution in [0.15, 0.2) is 18.2 Å². The molecule has 0 heterocycles. The second-order valence-electron chi connectivity index (χ2n) is 2.83. The van der Waals surface area contributed by atoms with Crippen LogP contribution in [0.5, 0.6) is 5.75 Å². The summed E-state index contributed by atoms with van der Waals surface area (Å²) in [6, 6.07) is 5.52. The topological polar surface area (TPSA) is 30.5 Å². The first-order valence-corrected chi connectivity index (χ1v) is 4.70. The molecule has 1 aromatic carbocycles. The smallest absolute Gasteiger partial charge is 0.188 e. The molecule has 1 N–H and O–H groups in total. The molecule has 0 amide bonds. The van der Waals surface area contributed by atoms with Crippen LogP contribution in [0.25, 0.3) is 0 Å². The van der Waals surface area contributed by atoms with Crippen molar-refractivity contribution in [1.82, 2.24) is 5.32 Å². The molecule has 0 atom stereocenters. The van der Waals surface area contributed by atoms with Gasteiger partial charge in [0.05, 0.1) is 0 Å². The summed E-state index contributed by atoms with van der Waals surface area (Å²) in [4.78, 5) is 0. The van der Waals surface area contributed by atoms with E-state index in [2.05, 4.69) is 5.32 Å². The molecule has 0 aliphatic rings. The van der Waals surface area contributed by atoms with Crippen LogP contribution >= 0.6 is 11.6 Å². The summed E-state index contributed by atoms with van der Waals surface area (Å²) in [6.45, 7) is 0.970. The van der Waals surface area contributed by atoms with Gasteiger partial charge in [0.25, 0.3) is 0 Å². The number of hydrogen-bond donors (Lipinski definition) is 1. The maximum Gasteiger partial charge on any atom is 0.188 e. The van der Waals surface area contributed by atoms with Crippen LogP contribution in [0.1, 0.15) is 5.56 Å². The number of benzene rings is 1. The summed E-state index contributed by atoms with van der Waals surface area (Å²) < 4.78 is 10.2. The van der Waals surface area contributed by atoms with Crippen LogP contribution in [0.4, 0.5) is 0 Å². The molecule has 1 aromatic rings. The molecule has 0 saturated carbocycles. The fraction of sp³-hybridized carbons (Fsp3) is 0.400. The Bertz CT molecular complexity index is 291. The number of hydrogen-bond acceptors (Lipinski definition) is 3. The van der Waals surface area contributed by atoms with E-state index < -0.39 is 0 Å². The summed E-state index contributed by atoms with van der Waals surface area (Å²) in [5, 5.41) is 3.76. The standard InChI is InChI=1S/C10H14ClNO2/c1-12-6-8-5-9(11)3-4-10(8)14-7-13-2/h3-5,12H,6-7H2,1-2H3. The predicted molar refractivity (Wildman–Crippen MR) is 56.7 cm³/mol. The molecule has 0 aliphatic heterocycles. The van der Waals surface area contributed by atoms with E-state index in [9.17, 15) is 0 Å². The van der Waals surface area contributed by atoms with Gasteiger partial charge in [0, 0.05) is 24.2 Å². The third kappa shape index (κ3) is 3.18. The first-order valence-electron chi connectivity index (χ1n) is 4.32. The van der Waals surface area contributed by atoms with E-state index in [-0.39, 0.29) is 6.79 Å². The molecule has 0 spiro atoms. The second kappa shape index (κ2) is 5.86. The maximum absolute atomic E-state index is 5.87. The molecule has 78 valence electrons. The molecule has 0 fully saturated rings. The molecule has 0 radical (unpaired) electrons. The van der Waals surface area contributed by atoms with E-state index in [1.807, 2.05) is 19.2 Å². The Balaban J connectivity index is 2.78. The van der Waals surface area contributed by atoms with Gasteiger partial charge in [-0.25, -0.2) is 0 Å². The van der Waals surface area contributed by atoms with Gasteiger partial charge in [0.2, 0.25) is 0 Å². The lowest BCUT2D eigenvalue weighted by molar-refractivity contribution is 0.0504. The third-order valence-electron chi connectivity index (χ3n) is 1.72.